The number of hydrogen-bond acceptors (Lipinski definition) is 3. The third-order valence-electron chi connectivity index (χ3n) is 2.50. The number of hydrogen-bond donors (Lipinski definition) is 1. The molecule has 0 fully saturated rings. The number of carbonyl (C=O) groups excluding carboxylic acids is 1. The highest BCUT2D eigenvalue weighted by molar-refractivity contribution is 5.76. The minimum atomic E-state index is -0.269. The van der Waals surface area contributed by atoms with Gasteiger partial charge < -0.3 is 9.73 Å². The van der Waals surface area contributed by atoms with Gasteiger partial charge in [0, 0.05) is 6.42 Å². The first kappa shape index (κ1) is 12.3. The first-order chi connectivity index (χ1) is 8.74. The molecule has 0 bridgehead atoms. The molecule has 2 rings (SSSR count). The number of benzene rings is 1. The lowest BCUT2D eigenvalue weighted by Gasteiger charge is -2.03. The van der Waals surface area contributed by atoms with Crippen LogP contribution < -0.4 is 5.32 Å². The van der Waals surface area contributed by atoms with Crippen LogP contribution in [0.4, 0.5) is 4.39 Å². The third-order valence-corrected chi connectivity index (χ3v) is 2.50. The quantitative estimate of drug-likeness (QED) is 0.881. The zero-order valence-corrected chi connectivity index (χ0v) is 9.73. The lowest BCUT2D eigenvalue weighted by atomic mass is 10.1. The van der Waals surface area contributed by atoms with Crippen LogP contribution in [0.1, 0.15) is 17.7 Å². The molecule has 4 nitrogen and oxygen atoms in total. The monoisotopic (exact) mass is 248 g/mol. The van der Waals surface area contributed by atoms with Crippen LogP contribution in [0.15, 0.2) is 41.3 Å². The van der Waals surface area contributed by atoms with Crippen molar-refractivity contribution in [1.29, 1.82) is 0 Å². The van der Waals surface area contributed by atoms with Crippen molar-refractivity contribution in [2.24, 2.45) is 0 Å². The van der Waals surface area contributed by atoms with Gasteiger partial charge in [-0.25, -0.2) is 9.37 Å². The summed E-state index contributed by atoms with van der Waals surface area (Å²) in [6.07, 6.45) is 3.76. The predicted octanol–water partition coefficient (Wildman–Crippen LogP) is 2.06. The Labute approximate surface area is 104 Å². The summed E-state index contributed by atoms with van der Waals surface area (Å²) in [5.74, 6) is -0.337. The molecule has 1 N–H and O–H groups in total. The fourth-order valence-electron chi connectivity index (χ4n) is 1.51. The zero-order valence-electron chi connectivity index (χ0n) is 9.73. The number of nitrogens with one attached hydrogen (secondary N) is 1. The van der Waals surface area contributed by atoms with Crippen molar-refractivity contribution in [3.63, 3.8) is 0 Å². The molecule has 0 unspecified atom stereocenters. The maximum absolute atomic E-state index is 12.7. The molecular formula is C13H13FN2O2. The van der Waals surface area contributed by atoms with E-state index in [1.54, 1.807) is 12.1 Å². The molecule has 0 saturated heterocycles. The SMILES string of the molecule is O=C(CCc1ccc(F)cc1)NCc1cocn1. The molecule has 1 aromatic carbocycles. The van der Waals surface area contributed by atoms with E-state index in [0.29, 0.717) is 25.1 Å². The van der Waals surface area contributed by atoms with Crippen LogP contribution in [0.25, 0.3) is 0 Å². The van der Waals surface area contributed by atoms with Crippen molar-refractivity contribution in [3.8, 4) is 0 Å². The molecule has 0 atom stereocenters. The first-order valence-corrected chi connectivity index (χ1v) is 5.62. The maximum Gasteiger partial charge on any atom is 0.220 e. The summed E-state index contributed by atoms with van der Waals surface area (Å²) in [5.41, 5.74) is 1.62. The molecule has 1 amide bonds. The van der Waals surface area contributed by atoms with E-state index >= 15 is 0 Å². The summed E-state index contributed by atoms with van der Waals surface area (Å²) < 4.78 is 17.5. The van der Waals surface area contributed by atoms with Crippen molar-refractivity contribution in [3.05, 3.63) is 54.0 Å². The number of aryl methyl sites for hydroxylation is 1. The predicted molar refractivity (Wildman–Crippen MR) is 63.1 cm³/mol. The molecule has 1 heterocycles. The van der Waals surface area contributed by atoms with E-state index in [2.05, 4.69) is 10.3 Å². The fourth-order valence-corrected chi connectivity index (χ4v) is 1.51. The summed E-state index contributed by atoms with van der Waals surface area (Å²) in [6.45, 7) is 0.360. The van der Waals surface area contributed by atoms with Crippen molar-refractivity contribution in [2.45, 2.75) is 19.4 Å². The van der Waals surface area contributed by atoms with Gasteiger partial charge in [0.15, 0.2) is 6.39 Å². The number of amides is 1. The molecule has 0 radical (unpaired) electrons. The van der Waals surface area contributed by atoms with E-state index in [0.717, 1.165) is 5.56 Å². The van der Waals surface area contributed by atoms with Crippen LogP contribution in [-0.2, 0) is 17.8 Å². The standard InChI is InChI=1S/C13H13FN2O2/c14-11-4-1-10(2-5-11)3-6-13(17)15-7-12-8-18-9-16-12/h1-2,4-5,8-9H,3,6-7H2,(H,15,17). The molecular weight excluding hydrogens is 235 g/mol. The van der Waals surface area contributed by atoms with E-state index in [1.807, 2.05) is 0 Å². The normalized spacial score (nSPS) is 10.3. The second kappa shape index (κ2) is 5.95. The molecule has 2 aromatic rings. The van der Waals surface area contributed by atoms with Crippen LogP contribution in [-0.4, -0.2) is 10.9 Å². The second-order valence-corrected chi connectivity index (χ2v) is 3.88. The number of rotatable bonds is 5. The molecule has 1 aromatic heterocycles. The van der Waals surface area contributed by atoms with Gasteiger partial charge in [-0.2, -0.15) is 0 Å². The Hall–Kier alpha value is -2.17. The van der Waals surface area contributed by atoms with E-state index in [1.165, 1.54) is 24.8 Å². The molecule has 94 valence electrons. The Bertz CT molecular complexity index is 494. The number of carbonyl (C=O) groups is 1. The molecule has 0 saturated carbocycles. The van der Waals surface area contributed by atoms with Gasteiger partial charge in [0.05, 0.1) is 12.2 Å². The van der Waals surface area contributed by atoms with Gasteiger partial charge in [0.25, 0.3) is 0 Å². The van der Waals surface area contributed by atoms with Crippen molar-refractivity contribution >= 4 is 5.91 Å². The van der Waals surface area contributed by atoms with Crippen LogP contribution in [0.2, 0.25) is 0 Å². The van der Waals surface area contributed by atoms with E-state index < -0.39 is 0 Å². The Morgan fingerprint density at radius 2 is 2.11 bits per heavy atom. The third kappa shape index (κ3) is 3.69. The summed E-state index contributed by atoms with van der Waals surface area (Å²) in [7, 11) is 0. The van der Waals surface area contributed by atoms with Gasteiger partial charge in [-0.3, -0.25) is 4.79 Å². The van der Waals surface area contributed by atoms with Crippen LogP contribution >= 0.6 is 0 Å². The molecule has 0 aliphatic heterocycles. The molecule has 18 heavy (non-hydrogen) atoms. The number of halogens is 1. The van der Waals surface area contributed by atoms with Crippen LogP contribution in [0.3, 0.4) is 0 Å². The maximum atomic E-state index is 12.7. The van der Waals surface area contributed by atoms with Gasteiger partial charge in [-0.15, -0.1) is 0 Å². The van der Waals surface area contributed by atoms with Crippen LogP contribution in [0.5, 0.6) is 0 Å². The number of oxazole rings is 1. The van der Waals surface area contributed by atoms with E-state index in [9.17, 15) is 9.18 Å². The summed E-state index contributed by atoms with van der Waals surface area (Å²) in [4.78, 5) is 15.4. The van der Waals surface area contributed by atoms with Crippen molar-refractivity contribution in [2.75, 3.05) is 0 Å². The average molecular weight is 248 g/mol. The average Bonchev–Trinajstić information content (AvgIpc) is 2.89. The molecule has 0 aliphatic rings. The zero-order chi connectivity index (χ0) is 12.8. The summed E-state index contributed by atoms with van der Waals surface area (Å²) >= 11 is 0. The number of aromatic nitrogens is 1. The summed E-state index contributed by atoms with van der Waals surface area (Å²) in [5, 5.41) is 2.73. The van der Waals surface area contributed by atoms with Gasteiger partial charge in [0.1, 0.15) is 12.1 Å². The highest BCUT2D eigenvalue weighted by atomic mass is 19.1. The largest absolute Gasteiger partial charge is 0.451 e. The van der Waals surface area contributed by atoms with E-state index in [-0.39, 0.29) is 11.7 Å². The second-order valence-electron chi connectivity index (χ2n) is 3.88. The highest BCUT2D eigenvalue weighted by Crippen LogP contribution is 2.05. The highest BCUT2D eigenvalue weighted by Gasteiger charge is 2.03. The first-order valence-electron chi connectivity index (χ1n) is 5.62. The minimum absolute atomic E-state index is 0.0673. The Kier molecular flexibility index (Phi) is 4.06. The Balaban J connectivity index is 1.73. The summed E-state index contributed by atoms with van der Waals surface area (Å²) in [6, 6.07) is 6.14. The topological polar surface area (TPSA) is 55.1 Å². The van der Waals surface area contributed by atoms with Crippen molar-refractivity contribution in [1.82, 2.24) is 10.3 Å². The Morgan fingerprint density at radius 3 is 2.78 bits per heavy atom. The molecule has 0 aliphatic carbocycles. The minimum Gasteiger partial charge on any atom is -0.451 e. The fraction of sp³-hybridized carbons (Fsp3) is 0.231. The molecule has 5 heteroatoms. The smallest absolute Gasteiger partial charge is 0.220 e. The van der Waals surface area contributed by atoms with Gasteiger partial charge >= 0.3 is 0 Å². The van der Waals surface area contributed by atoms with Gasteiger partial charge in [0.2, 0.25) is 5.91 Å². The molecule has 0 spiro atoms. The number of nitrogens with zero attached hydrogens (tertiary/aromatic N) is 1. The van der Waals surface area contributed by atoms with Crippen molar-refractivity contribution < 1.29 is 13.6 Å². The van der Waals surface area contributed by atoms with Gasteiger partial charge in [-0.05, 0) is 24.1 Å². The lowest BCUT2D eigenvalue weighted by molar-refractivity contribution is -0.121. The van der Waals surface area contributed by atoms with Crippen LogP contribution in [0, 0.1) is 5.82 Å². The Morgan fingerprint density at radius 1 is 1.33 bits per heavy atom. The van der Waals surface area contributed by atoms with Gasteiger partial charge in [-0.1, -0.05) is 12.1 Å². The lowest BCUT2D eigenvalue weighted by Crippen LogP contribution is -2.23. The van der Waals surface area contributed by atoms with E-state index in [4.69, 9.17) is 4.42 Å².